The summed E-state index contributed by atoms with van der Waals surface area (Å²) in [7, 11) is 0. The van der Waals surface area contributed by atoms with Crippen molar-refractivity contribution in [3.63, 3.8) is 0 Å². The zero-order valence-corrected chi connectivity index (χ0v) is 13.1. The monoisotopic (exact) mass is 313 g/mol. The van der Waals surface area contributed by atoms with Crippen molar-refractivity contribution in [1.29, 1.82) is 0 Å². The molecule has 0 aliphatic carbocycles. The molecule has 2 heterocycles. The molecule has 0 bridgehead atoms. The first-order valence-corrected chi connectivity index (χ1v) is 7.29. The molecule has 118 valence electrons. The quantitative estimate of drug-likeness (QED) is 0.792. The first-order chi connectivity index (χ1) is 11.0. The van der Waals surface area contributed by atoms with Crippen molar-refractivity contribution in [1.82, 2.24) is 10.1 Å². The molecule has 1 aromatic carbocycles. The van der Waals surface area contributed by atoms with Gasteiger partial charge < -0.3 is 9.84 Å². The number of fused-ring (bicyclic) bond motifs is 1. The number of hydrogen-bond donors (Lipinski definition) is 1. The summed E-state index contributed by atoms with van der Waals surface area (Å²) in [6, 6.07) is 7.48. The number of carbonyl (C=O) groups is 1. The molecule has 23 heavy (non-hydrogen) atoms. The fourth-order valence-corrected chi connectivity index (χ4v) is 2.35. The maximum Gasteiger partial charge on any atom is 0.259 e. The molecule has 1 amide bonds. The SMILES string of the molecule is Cc1noc2nc(C(C)C)cc(C(=O)Nc3cccc(F)c3)c12. The van der Waals surface area contributed by atoms with Crippen LogP contribution in [0.2, 0.25) is 0 Å². The van der Waals surface area contributed by atoms with Crippen LogP contribution >= 0.6 is 0 Å². The van der Waals surface area contributed by atoms with Crippen LogP contribution in [0.1, 0.15) is 41.5 Å². The number of nitrogens with zero attached hydrogens (tertiary/aromatic N) is 2. The zero-order valence-electron chi connectivity index (χ0n) is 13.1. The van der Waals surface area contributed by atoms with Gasteiger partial charge >= 0.3 is 0 Å². The Morgan fingerprint density at radius 1 is 1.30 bits per heavy atom. The number of benzene rings is 1. The van der Waals surface area contributed by atoms with Crippen molar-refractivity contribution in [2.45, 2.75) is 26.7 Å². The van der Waals surface area contributed by atoms with E-state index in [0.29, 0.717) is 28.0 Å². The van der Waals surface area contributed by atoms with Crippen molar-refractivity contribution in [2.24, 2.45) is 0 Å². The molecule has 0 saturated heterocycles. The summed E-state index contributed by atoms with van der Waals surface area (Å²) in [5.74, 6) is -0.631. The van der Waals surface area contributed by atoms with Crippen LogP contribution in [0.4, 0.5) is 10.1 Å². The lowest BCUT2D eigenvalue weighted by Gasteiger charge is -2.09. The minimum atomic E-state index is -0.410. The van der Waals surface area contributed by atoms with Crippen LogP contribution in [-0.2, 0) is 0 Å². The molecule has 0 aliphatic heterocycles. The summed E-state index contributed by atoms with van der Waals surface area (Å²) in [6.07, 6.45) is 0. The van der Waals surface area contributed by atoms with Crippen molar-refractivity contribution in [3.05, 3.63) is 53.1 Å². The van der Waals surface area contributed by atoms with Crippen LogP contribution in [0, 0.1) is 12.7 Å². The van der Waals surface area contributed by atoms with Crippen LogP contribution in [0.5, 0.6) is 0 Å². The van der Waals surface area contributed by atoms with E-state index in [1.165, 1.54) is 18.2 Å². The lowest BCUT2D eigenvalue weighted by molar-refractivity contribution is 0.102. The minimum absolute atomic E-state index is 0.130. The van der Waals surface area contributed by atoms with Gasteiger partial charge in [0.05, 0.1) is 16.6 Å². The van der Waals surface area contributed by atoms with E-state index in [1.807, 2.05) is 13.8 Å². The number of halogens is 1. The van der Waals surface area contributed by atoms with Crippen LogP contribution in [0.3, 0.4) is 0 Å². The molecule has 3 aromatic rings. The van der Waals surface area contributed by atoms with Crippen LogP contribution in [-0.4, -0.2) is 16.0 Å². The predicted molar refractivity (Wildman–Crippen MR) is 85.0 cm³/mol. The van der Waals surface area contributed by atoms with E-state index in [4.69, 9.17) is 4.52 Å². The number of nitrogens with one attached hydrogen (secondary N) is 1. The summed E-state index contributed by atoms with van der Waals surface area (Å²) < 4.78 is 18.5. The fraction of sp³-hybridized carbons (Fsp3) is 0.235. The summed E-state index contributed by atoms with van der Waals surface area (Å²) >= 11 is 0. The van der Waals surface area contributed by atoms with Gasteiger partial charge in [-0.15, -0.1) is 0 Å². The Hall–Kier alpha value is -2.76. The maximum absolute atomic E-state index is 13.3. The van der Waals surface area contributed by atoms with E-state index in [1.54, 1.807) is 19.1 Å². The highest BCUT2D eigenvalue weighted by atomic mass is 19.1. The van der Waals surface area contributed by atoms with Gasteiger partial charge in [0, 0.05) is 11.4 Å². The highest BCUT2D eigenvalue weighted by Gasteiger charge is 2.19. The van der Waals surface area contributed by atoms with Gasteiger partial charge in [-0.1, -0.05) is 25.1 Å². The molecule has 5 nitrogen and oxygen atoms in total. The molecule has 0 spiro atoms. The molecule has 0 unspecified atom stereocenters. The largest absolute Gasteiger partial charge is 0.336 e. The maximum atomic E-state index is 13.3. The second kappa shape index (κ2) is 5.79. The Morgan fingerprint density at radius 2 is 2.09 bits per heavy atom. The Morgan fingerprint density at radius 3 is 2.78 bits per heavy atom. The third kappa shape index (κ3) is 2.92. The molecule has 1 N–H and O–H groups in total. The smallest absolute Gasteiger partial charge is 0.259 e. The Labute approximate surface area is 132 Å². The average Bonchev–Trinajstić information content (AvgIpc) is 2.88. The van der Waals surface area contributed by atoms with E-state index in [2.05, 4.69) is 15.5 Å². The number of amides is 1. The molecule has 0 fully saturated rings. The molecular weight excluding hydrogens is 297 g/mol. The molecule has 2 aromatic heterocycles. The molecule has 0 atom stereocenters. The van der Waals surface area contributed by atoms with Crippen LogP contribution in [0.15, 0.2) is 34.9 Å². The number of pyridine rings is 1. The van der Waals surface area contributed by atoms with Crippen LogP contribution < -0.4 is 5.32 Å². The second-order valence-electron chi connectivity index (χ2n) is 5.66. The van der Waals surface area contributed by atoms with E-state index < -0.39 is 5.82 Å². The molecule has 3 rings (SSSR count). The van der Waals surface area contributed by atoms with Gasteiger partial charge in [-0.2, -0.15) is 0 Å². The summed E-state index contributed by atoms with van der Waals surface area (Å²) in [5, 5.41) is 7.15. The standard InChI is InChI=1S/C17H16FN3O2/c1-9(2)14-8-13(15-10(3)21-23-17(15)20-14)16(22)19-12-6-4-5-11(18)7-12/h4-9H,1-3H3,(H,19,22). The van der Waals surface area contributed by atoms with Gasteiger partial charge in [-0.05, 0) is 37.1 Å². The van der Waals surface area contributed by atoms with Crippen molar-refractivity contribution in [3.8, 4) is 0 Å². The Balaban J connectivity index is 2.06. The zero-order chi connectivity index (χ0) is 16.6. The van der Waals surface area contributed by atoms with E-state index in [0.717, 1.165) is 5.69 Å². The summed E-state index contributed by atoms with van der Waals surface area (Å²) in [5.41, 5.74) is 2.46. The number of carbonyl (C=O) groups excluding carboxylic acids is 1. The third-order valence-corrected chi connectivity index (χ3v) is 3.56. The predicted octanol–water partition coefficient (Wildman–Crippen LogP) is 4.05. The number of hydrogen-bond acceptors (Lipinski definition) is 4. The number of anilines is 1. The van der Waals surface area contributed by atoms with Gasteiger partial charge in [-0.25, -0.2) is 9.37 Å². The third-order valence-electron chi connectivity index (χ3n) is 3.56. The summed E-state index contributed by atoms with van der Waals surface area (Å²) in [4.78, 5) is 17.0. The van der Waals surface area contributed by atoms with Gasteiger partial charge in [-0.3, -0.25) is 4.79 Å². The van der Waals surface area contributed by atoms with Crippen molar-refractivity contribution < 1.29 is 13.7 Å². The molecule has 0 aliphatic rings. The van der Waals surface area contributed by atoms with Gasteiger partial charge in [0.15, 0.2) is 0 Å². The Kier molecular flexibility index (Phi) is 3.82. The summed E-state index contributed by atoms with van der Waals surface area (Å²) in [6.45, 7) is 5.71. The van der Waals surface area contributed by atoms with Gasteiger partial charge in [0.25, 0.3) is 11.6 Å². The molecular formula is C17H16FN3O2. The second-order valence-corrected chi connectivity index (χ2v) is 5.66. The van der Waals surface area contributed by atoms with Gasteiger partial charge in [0.2, 0.25) is 0 Å². The Bertz CT molecular complexity index is 887. The van der Waals surface area contributed by atoms with E-state index in [-0.39, 0.29) is 11.8 Å². The van der Waals surface area contributed by atoms with Crippen LogP contribution in [0.25, 0.3) is 11.1 Å². The molecule has 0 saturated carbocycles. The lowest BCUT2D eigenvalue weighted by Crippen LogP contribution is -2.14. The number of aryl methyl sites for hydroxylation is 1. The van der Waals surface area contributed by atoms with E-state index >= 15 is 0 Å². The number of rotatable bonds is 3. The lowest BCUT2D eigenvalue weighted by atomic mass is 10.0. The molecule has 0 radical (unpaired) electrons. The van der Waals surface area contributed by atoms with E-state index in [9.17, 15) is 9.18 Å². The highest BCUT2D eigenvalue weighted by Crippen LogP contribution is 2.26. The van der Waals surface area contributed by atoms with Crippen molar-refractivity contribution >= 4 is 22.7 Å². The first kappa shape index (κ1) is 15.1. The first-order valence-electron chi connectivity index (χ1n) is 7.29. The van der Waals surface area contributed by atoms with Crippen molar-refractivity contribution in [2.75, 3.05) is 5.32 Å². The highest BCUT2D eigenvalue weighted by molar-refractivity contribution is 6.12. The number of aromatic nitrogens is 2. The fourth-order valence-electron chi connectivity index (χ4n) is 2.35. The minimum Gasteiger partial charge on any atom is -0.336 e. The van der Waals surface area contributed by atoms with Gasteiger partial charge in [0.1, 0.15) is 5.82 Å². The topological polar surface area (TPSA) is 68.0 Å². The normalized spacial score (nSPS) is 11.2. The average molecular weight is 313 g/mol. The molecule has 6 heteroatoms.